The molecule has 4 heterocycles. The monoisotopic (exact) mass is 970 g/mol. The third-order valence-corrected chi connectivity index (χ3v) is 17.2. The highest BCUT2D eigenvalue weighted by molar-refractivity contribution is 7.26. The first kappa shape index (κ1) is 42.1. The molecule has 0 radical (unpaired) electrons. The quantitative estimate of drug-likeness (QED) is 0.149. The van der Waals surface area contributed by atoms with Crippen molar-refractivity contribution in [3.8, 4) is 34.1 Å². The summed E-state index contributed by atoms with van der Waals surface area (Å²) in [5.41, 5.74) is 14.2. The Hall–Kier alpha value is -8.62. The molecule has 0 aliphatic carbocycles. The highest BCUT2D eigenvalue weighted by Gasteiger charge is 2.41. The summed E-state index contributed by atoms with van der Waals surface area (Å²) in [6.45, 7) is 4.14. The molecule has 2 aliphatic rings. The Kier molecular flexibility index (Phi) is 9.50. The van der Waals surface area contributed by atoms with Crippen LogP contribution in [-0.2, 0) is 0 Å². The van der Waals surface area contributed by atoms with Crippen LogP contribution in [0.25, 0.3) is 62.2 Å². The molecule has 0 saturated carbocycles. The van der Waals surface area contributed by atoms with E-state index in [0.717, 1.165) is 84.6 Å². The molecule has 4 nitrogen and oxygen atoms in total. The average molecular weight is 971 g/mol. The van der Waals surface area contributed by atoms with Gasteiger partial charge in [0.25, 0.3) is 6.71 Å². The van der Waals surface area contributed by atoms with Gasteiger partial charge in [0.15, 0.2) is 0 Å². The van der Waals surface area contributed by atoms with Crippen LogP contribution in [0, 0.1) is 13.8 Å². The topological polar surface area (TPSA) is 24.9 Å². The van der Waals surface area contributed by atoms with E-state index in [1.165, 1.54) is 62.2 Å². The van der Waals surface area contributed by atoms with Crippen LogP contribution in [0.3, 0.4) is 0 Å². The zero-order chi connectivity index (χ0) is 48.3. The van der Waals surface area contributed by atoms with Gasteiger partial charge >= 0.3 is 0 Å². The minimum Gasteiger partial charge on any atom is -0.458 e. The van der Waals surface area contributed by atoms with E-state index < -0.39 is 0 Å². The molecule has 0 unspecified atom stereocenters. The van der Waals surface area contributed by atoms with Gasteiger partial charge in [0.05, 0.1) is 0 Å². The SMILES string of the molecule is Cc1ccc(N(c2ccc3c(c2)Oc2cc(-c4ccc5ccccc5c4)cc4c2B3c2ccc(N(c3ccc(C)cc3)c3ccc5sc6ccccc6c5c3)cc2O4)c2ccc3sc4ccccc4c3c2)cc1. The second kappa shape index (κ2) is 16.5. The standard InChI is InChI=1S/C66H43BN2O2S2/c1-40-15-21-46(22-16-40)68(48-27-31-64-54(36-48)52-11-5-7-13-62(52)72-64)50-25-29-56-58(38-50)70-60-34-45(44-20-19-42-9-3-4-10-43(42)33-44)35-61-66(60)67(56)57-30-26-51(39-59(57)71-61)69(47-23-17-41(2)18-24-47)49-28-32-65-55(37-49)53-12-6-8-14-63(53)73-65/h3-39H,1-2H3. The number of ether oxygens (including phenoxy) is 2. The van der Waals surface area contributed by atoms with Crippen molar-refractivity contribution in [3.63, 3.8) is 0 Å². The largest absolute Gasteiger partial charge is 0.458 e. The van der Waals surface area contributed by atoms with Crippen molar-refractivity contribution in [1.82, 2.24) is 0 Å². The lowest BCUT2D eigenvalue weighted by Crippen LogP contribution is -2.57. The van der Waals surface area contributed by atoms with Gasteiger partial charge in [0.1, 0.15) is 23.0 Å². The summed E-state index contributed by atoms with van der Waals surface area (Å²) >= 11 is 3.68. The van der Waals surface area contributed by atoms with Gasteiger partial charge in [-0.1, -0.05) is 120 Å². The minimum atomic E-state index is -0.144. The molecule has 7 heteroatoms. The van der Waals surface area contributed by atoms with Gasteiger partial charge in [-0.25, -0.2) is 0 Å². The number of hydrogen-bond acceptors (Lipinski definition) is 6. The molecule has 0 saturated heterocycles. The predicted octanol–water partition coefficient (Wildman–Crippen LogP) is 17.5. The summed E-state index contributed by atoms with van der Waals surface area (Å²) in [5.74, 6) is 3.25. The third-order valence-electron chi connectivity index (χ3n) is 14.9. The van der Waals surface area contributed by atoms with E-state index in [2.05, 4.69) is 248 Å². The van der Waals surface area contributed by atoms with E-state index in [0.29, 0.717) is 0 Å². The number of anilines is 6. The van der Waals surface area contributed by atoms with Crippen LogP contribution in [0.15, 0.2) is 224 Å². The number of fused-ring (bicyclic) bond motifs is 11. The van der Waals surface area contributed by atoms with E-state index >= 15 is 0 Å². The molecule has 15 rings (SSSR count). The van der Waals surface area contributed by atoms with Crippen LogP contribution in [0.2, 0.25) is 0 Å². The molecule has 73 heavy (non-hydrogen) atoms. The fourth-order valence-corrected chi connectivity index (χ4v) is 13.4. The summed E-state index contributed by atoms with van der Waals surface area (Å²) < 4.78 is 19.6. The Morgan fingerprint density at radius 3 is 1.30 bits per heavy atom. The van der Waals surface area contributed by atoms with Gasteiger partial charge in [0, 0.05) is 92.1 Å². The number of nitrogens with zero attached hydrogens (tertiary/aromatic N) is 2. The Bertz CT molecular complexity index is 4150. The Labute approximate surface area is 431 Å². The smallest absolute Gasteiger partial charge is 0.260 e. The van der Waals surface area contributed by atoms with Crippen molar-refractivity contribution in [2.75, 3.05) is 9.80 Å². The van der Waals surface area contributed by atoms with Crippen LogP contribution in [-0.4, -0.2) is 6.71 Å². The van der Waals surface area contributed by atoms with Gasteiger partial charge in [-0.3, -0.25) is 0 Å². The van der Waals surface area contributed by atoms with Gasteiger partial charge in [-0.2, -0.15) is 0 Å². The van der Waals surface area contributed by atoms with E-state index in [-0.39, 0.29) is 6.71 Å². The molecule has 11 aromatic carbocycles. The second-order valence-corrected chi connectivity index (χ2v) is 21.6. The maximum absolute atomic E-state index is 7.22. The van der Waals surface area contributed by atoms with Crippen LogP contribution < -0.4 is 35.7 Å². The summed E-state index contributed by atoms with van der Waals surface area (Å²) in [5, 5.41) is 7.45. The van der Waals surface area contributed by atoms with Gasteiger partial charge in [-0.05, 0) is 150 Å². The highest BCUT2D eigenvalue weighted by atomic mass is 32.1. The molecule has 2 aliphatic heterocycles. The number of aryl methyl sites for hydroxylation is 2. The number of hydrogen-bond donors (Lipinski definition) is 0. The van der Waals surface area contributed by atoms with Gasteiger partial charge in [-0.15, -0.1) is 22.7 Å². The average Bonchev–Trinajstić information content (AvgIpc) is 4.01. The summed E-state index contributed by atoms with van der Waals surface area (Å²) in [4.78, 5) is 4.73. The molecule has 13 aromatic rings. The maximum atomic E-state index is 7.22. The molecule has 0 N–H and O–H groups in total. The van der Waals surface area contributed by atoms with Crippen LogP contribution in [0.5, 0.6) is 23.0 Å². The number of benzene rings is 11. The number of rotatable bonds is 7. The highest BCUT2D eigenvalue weighted by Crippen LogP contribution is 2.46. The van der Waals surface area contributed by atoms with E-state index in [1.807, 2.05) is 22.7 Å². The first-order valence-corrected chi connectivity index (χ1v) is 26.4. The molecular weight excluding hydrogens is 928 g/mol. The lowest BCUT2D eigenvalue weighted by molar-refractivity contribution is 0.465. The molecule has 0 spiro atoms. The summed E-state index contributed by atoms with van der Waals surface area (Å²) in [6.07, 6.45) is 0. The van der Waals surface area contributed by atoms with Crippen LogP contribution in [0.4, 0.5) is 34.1 Å². The molecule has 0 amide bonds. The van der Waals surface area contributed by atoms with Crippen molar-refractivity contribution >= 4 is 131 Å². The zero-order valence-corrected chi connectivity index (χ0v) is 41.6. The molecule has 344 valence electrons. The zero-order valence-electron chi connectivity index (χ0n) is 40.0. The molecule has 0 bridgehead atoms. The first-order valence-electron chi connectivity index (χ1n) is 24.8. The third kappa shape index (κ3) is 6.95. The lowest BCUT2D eigenvalue weighted by atomic mass is 9.35. The van der Waals surface area contributed by atoms with Crippen LogP contribution in [0.1, 0.15) is 11.1 Å². The second-order valence-electron chi connectivity index (χ2n) is 19.4. The fourth-order valence-electron chi connectivity index (χ4n) is 11.3. The molecule has 2 aromatic heterocycles. The first-order chi connectivity index (χ1) is 35.9. The van der Waals surface area contributed by atoms with E-state index in [9.17, 15) is 0 Å². The number of thiophene rings is 2. The van der Waals surface area contributed by atoms with Gasteiger partial charge in [0.2, 0.25) is 0 Å². The maximum Gasteiger partial charge on any atom is 0.260 e. The van der Waals surface area contributed by atoms with Crippen molar-refractivity contribution in [2.24, 2.45) is 0 Å². The van der Waals surface area contributed by atoms with E-state index in [4.69, 9.17) is 9.47 Å². The fraction of sp³-hybridized carbons (Fsp3) is 0.0303. The Balaban J connectivity index is 0.907. The van der Waals surface area contributed by atoms with Crippen molar-refractivity contribution in [1.29, 1.82) is 0 Å². The molecular formula is C66H43BN2O2S2. The summed E-state index contributed by atoms with van der Waals surface area (Å²) in [7, 11) is 0. The molecule has 0 atom stereocenters. The van der Waals surface area contributed by atoms with Crippen molar-refractivity contribution in [2.45, 2.75) is 13.8 Å². The van der Waals surface area contributed by atoms with Gasteiger partial charge < -0.3 is 19.3 Å². The Morgan fingerprint density at radius 1 is 0.329 bits per heavy atom. The lowest BCUT2D eigenvalue weighted by Gasteiger charge is -2.35. The van der Waals surface area contributed by atoms with Crippen molar-refractivity contribution in [3.05, 3.63) is 236 Å². The molecule has 0 fully saturated rings. The van der Waals surface area contributed by atoms with Crippen LogP contribution >= 0.6 is 22.7 Å². The normalized spacial score (nSPS) is 12.4. The Morgan fingerprint density at radius 2 is 0.767 bits per heavy atom. The predicted molar refractivity (Wildman–Crippen MR) is 312 cm³/mol. The summed E-state index contributed by atoms with van der Waals surface area (Å²) in [6, 6.07) is 82.0. The minimum absolute atomic E-state index is 0.144. The van der Waals surface area contributed by atoms with Crippen molar-refractivity contribution < 1.29 is 9.47 Å². The van der Waals surface area contributed by atoms with E-state index in [1.54, 1.807) is 0 Å².